The number of nitrogens with one attached hydrogen (secondary N) is 1. The summed E-state index contributed by atoms with van der Waals surface area (Å²) in [4.78, 5) is 17.6. The molecule has 6 nitrogen and oxygen atoms in total. The second-order valence-electron chi connectivity index (χ2n) is 7.65. The zero-order valence-electron chi connectivity index (χ0n) is 18.0. The van der Waals surface area contributed by atoms with Gasteiger partial charge in [0.05, 0.1) is 29.2 Å². The summed E-state index contributed by atoms with van der Waals surface area (Å²) in [7, 11) is 0. The number of benzene rings is 2. The summed E-state index contributed by atoms with van der Waals surface area (Å²) in [5.74, 6) is 0. The second kappa shape index (κ2) is 8.40. The topological polar surface area (TPSA) is 68.0 Å². The van der Waals surface area contributed by atoms with E-state index in [1.54, 1.807) is 12.3 Å². The molecule has 0 amide bonds. The maximum atomic E-state index is 13.0. The Balaban J connectivity index is 1.66. The zero-order valence-corrected chi connectivity index (χ0v) is 18.7. The van der Waals surface area contributed by atoms with Crippen LogP contribution in [0.25, 0.3) is 5.69 Å². The van der Waals surface area contributed by atoms with Crippen LogP contribution in [0, 0.1) is 27.7 Å². The van der Waals surface area contributed by atoms with Gasteiger partial charge in [0.15, 0.2) is 0 Å². The van der Waals surface area contributed by atoms with Gasteiger partial charge in [0, 0.05) is 16.9 Å². The molecule has 0 atom stereocenters. The molecule has 0 saturated heterocycles. The van der Waals surface area contributed by atoms with Gasteiger partial charge in [-0.05, 0) is 51.0 Å². The molecular formula is C24H24ClN5O. The summed E-state index contributed by atoms with van der Waals surface area (Å²) < 4.78 is 3.43. The Hall–Kier alpha value is -3.38. The van der Waals surface area contributed by atoms with E-state index in [2.05, 4.69) is 27.3 Å². The minimum atomic E-state index is -0.173. The van der Waals surface area contributed by atoms with Gasteiger partial charge >= 0.3 is 0 Å². The number of halogens is 1. The van der Waals surface area contributed by atoms with Gasteiger partial charge in [-0.25, -0.2) is 4.68 Å². The molecule has 0 aliphatic carbocycles. The average molecular weight is 434 g/mol. The number of H-pyrrole nitrogens is 1. The Kier molecular flexibility index (Phi) is 5.65. The highest BCUT2D eigenvalue weighted by molar-refractivity contribution is 6.31. The molecule has 31 heavy (non-hydrogen) atoms. The Morgan fingerprint density at radius 2 is 1.84 bits per heavy atom. The molecule has 2 aromatic carbocycles. The zero-order chi connectivity index (χ0) is 22.1. The van der Waals surface area contributed by atoms with Gasteiger partial charge in [-0.1, -0.05) is 48.0 Å². The molecule has 7 heteroatoms. The third-order valence-corrected chi connectivity index (χ3v) is 5.78. The van der Waals surface area contributed by atoms with Crippen molar-refractivity contribution in [3.05, 3.63) is 97.7 Å². The largest absolute Gasteiger partial charge is 0.295 e. The molecule has 4 rings (SSSR count). The number of aromatic nitrogens is 4. The van der Waals surface area contributed by atoms with Crippen LogP contribution in [0.4, 0.5) is 5.69 Å². The summed E-state index contributed by atoms with van der Waals surface area (Å²) >= 11 is 6.23. The van der Waals surface area contributed by atoms with E-state index < -0.39 is 0 Å². The van der Waals surface area contributed by atoms with E-state index in [9.17, 15) is 4.79 Å². The molecule has 0 spiro atoms. The minimum absolute atomic E-state index is 0.173. The third kappa shape index (κ3) is 4.11. The lowest BCUT2D eigenvalue weighted by molar-refractivity contribution is 0.659. The van der Waals surface area contributed by atoms with Crippen LogP contribution in [0.15, 0.2) is 58.3 Å². The van der Waals surface area contributed by atoms with Crippen LogP contribution in [0.3, 0.4) is 0 Å². The highest BCUT2D eigenvalue weighted by Crippen LogP contribution is 2.24. The molecule has 0 radical (unpaired) electrons. The van der Waals surface area contributed by atoms with Crippen molar-refractivity contribution < 1.29 is 0 Å². The summed E-state index contributed by atoms with van der Waals surface area (Å²) in [5.41, 5.74) is 6.44. The molecule has 0 unspecified atom stereocenters. The van der Waals surface area contributed by atoms with Crippen molar-refractivity contribution >= 4 is 23.5 Å². The molecule has 2 heterocycles. The third-order valence-electron chi connectivity index (χ3n) is 5.37. The normalized spacial score (nSPS) is 11.5. The first-order valence-corrected chi connectivity index (χ1v) is 10.4. The molecule has 0 fully saturated rings. The summed E-state index contributed by atoms with van der Waals surface area (Å²) in [6.45, 7) is 8.38. The van der Waals surface area contributed by atoms with Crippen molar-refractivity contribution in [1.82, 2.24) is 19.6 Å². The van der Waals surface area contributed by atoms with Gasteiger partial charge in [0.25, 0.3) is 5.56 Å². The first-order chi connectivity index (χ1) is 14.8. The summed E-state index contributed by atoms with van der Waals surface area (Å²) in [6, 6.07) is 15.7. The van der Waals surface area contributed by atoms with Gasteiger partial charge in [0.1, 0.15) is 5.69 Å². The van der Waals surface area contributed by atoms with Crippen molar-refractivity contribution in [2.75, 3.05) is 0 Å². The number of hydrogen-bond acceptors (Lipinski definition) is 3. The van der Waals surface area contributed by atoms with E-state index in [0.717, 1.165) is 28.3 Å². The van der Waals surface area contributed by atoms with E-state index in [0.29, 0.717) is 22.8 Å². The predicted molar refractivity (Wildman–Crippen MR) is 125 cm³/mol. The monoisotopic (exact) mass is 433 g/mol. The molecule has 0 bridgehead atoms. The Bertz CT molecular complexity index is 1330. The molecular weight excluding hydrogens is 410 g/mol. The van der Waals surface area contributed by atoms with Crippen molar-refractivity contribution in [3.63, 3.8) is 0 Å². The average Bonchev–Trinajstić information content (AvgIpc) is 3.18. The summed E-state index contributed by atoms with van der Waals surface area (Å²) in [5, 5.41) is 8.36. The maximum absolute atomic E-state index is 13.0. The number of hydrogen-bond donors (Lipinski definition) is 1. The van der Waals surface area contributed by atoms with Crippen LogP contribution in [0.2, 0.25) is 5.02 Å². The first-order valence-electron chi connectivity index (χ1n) is 10.1. The van der Waals surface area contributed by atoms with E-state index in [1.807, 2.05) is 62.7 Å². The highest BCUT2D eigenvalue weighted by Gasteiger charge is 2.14. The van der Waals surface area contributed by atoms with Gasteiger partial charge in [0.2, 0.25) is 0 Å². The van der Waals surface area contributed by atoms with Crippen LogP contribution in [-0.4, -0.2) is 25.8 Å². The second-order valence-corrected chi connectivity index (χ2v) is 8.05. The van der Waals surface area contributed by atoms with Gasteiger partial charge < -0.3 is 0 Å². The number of aromatic amines is 1. The highest BCUT2D eigenvalue weighted by atomic mass is 35.5. The lowest BCUT2D eigenvalue weighted by atomic mass is 10.2. The number of aliphatic imine (C=N–C) groups is 1. The summed E-state index contributed by atoms with van der Waals surface area (Å²) in [6.07, 6.45) is 1.62. The van der Waals surface area contributed by atoms with Crippen molar-refractivity contribution in [2.45, 2.75) is 34.2 Å². The van der Waals surface area contributed by atoms with Crippen LogP contribution < -0.4 is 5.56 Å². The molecule has 0 saturated carbocycles. The Labute approximate surface area is 185 Å². The Morgan fingerprint density at radius 3 is 2.55 bits per heavy atom. The van der Waals surface area contributed by atoms with Crippen molar-refractivity contribution in [3.8, 4) is 5.69 Å². The molecule has 4 aromatic rings. The minimum Gasteiger partial charge on any atom is -0.295 e. The molecule has 0 aliphatic heterocycles. The molecule has 0 aliphatic rings. The van der Waals surface area contributed by atoms with E-state index in [1.165, 1.54) is 10.2 Å². The van der Waals surface area contributed by atoms with Crippen LogP contribution >= 0.6 is 11.6 Å². The lowest BCUT2D eigenvalue weighted by Crippen LogP contribution is -2.17. The number of aryl methyl sites for hydroxylation is 3. The van der Waals surface area contributed by atoms with Crippen LogP contribution in [0.1, 0.15) is 33.8 Å². The fraction of sp³-hybridized carbons (Fsp3) is 0.208. The van der Waals surface area contributed by atoms with E-state index in [4.69, 9.17) is 11.6 Å². The molecule has 1 N–H and O–H groups in total. The quantitative estimate of drug-likeness (QED) is 0.447. The Morgan fingerprint density at radius 1 is 1.10 bits per heavy atom. The number of rotatable bonds is 5. The predicted octanol–water partition coefficient (Wildman–Crippen LogP) is 5.05. The van der Waals surface area contributed by atoms with Crippen LogP contribution in [-0.2, 0) is 6.54 Å². The van der Waals surface area contributed by atoms with Gasteiger partial charge in [-0.2, -0.15) is 5.10 Å². The fourth-order valence-electron chi connectivity index (χ4n) is 3.53. The number of nitrogens with zero attached hydrogens (tertiary/aromatic N) is 4. The smallest absolute Gasteiger partial charge is 0.280 e. The van der Waals surface area contributed by atoms with E-state index in [-0.39, 0.29) is 5.56 Å². The van der Waals surface area contributed by atoms with Gasteiger partial charge in [-0.15, -0.1) is 0 Å². The van der Waals surface area contributed by atoms with E-state index >= 15 is 0 Å². The molecule has 158 valence electrons. The maximum Gasteiger partial charge on any atom is 0.280 e. The first kappa shape index (κ1) is 20.9. The molecule has 2 aromatic heterocycles. The van der Waals surface area contributed by atoms with Crippen molar-refractivity contribution in [1.29, 1.82) is 0 Å². The van der Waals surface area contributed by atoms with Crippen molar-refractivity contribution in [2.24, 2.45) is 4.99 Å². The van der Waals surface area contributed by atoms with Crippen LogP contribution in [0.5, 0.6) is 0 Å². The standard InChI is InChI=1S/C24H24ClN5O/c1-15-10-11-20(12-22(15)25)30-24(31)21(16(2)28-30)13-26-23-17(3)27-29(18(23)4)14-19-8-6-5-7-9-19/h5-13,28H,14H2,1-4H3. The fourth-order valence-corrected chi connectivity index (χ4v) is 3.70. The van der Waals surface area contributed by atoms with Gasteiger partial charge in [-0.3, -0.25) is 19.6 Å². The SMILES string of the molecule is Cc1ccc(-n2[nH]c(C)c(C=Nc3c(C)nn(Cc4ccccc4)c3C)c2=O)cc1Cl. The lowest BCUT2D eigenvalue weighted by Gasteiger charge is -2.04.